The Bertz CT molecular complexity index is 545. The highest BCUT2D eigenvalue weighted by Crippen LogP contribution is 2.27. The van der Waals surface area contributed by atoms with Crippen molar-refractivity contribution in [1.29, 1.82) is 0 Å². The second kappa shape index (κ2) is 11.9. The highest BCUT2D eigenvalue weighted by atomic mass is 127. The summed E-state index contributed by atoms with van der Waals surface area (Å²) in [6, 6.07) is 0.458. The molecule has 6 nitrogen and oxygen atoms in total. The van der Waals surface area contributed by atoms with Crippen LogP contribution in [0.2, 0.25) is 0 Å². The minimum absolute atomic E-state index is 0. The number of hydrogen-bond donors (Lipinski definition) is 1. The molecule has 1 N–H and O–H groups in total. The predicted molar refractivity (Wildman–Crippen MR) is 121 cm³/mol. The molecular weight excluding hydrogens is 453 g/mol. The summed E-state index contributed by atoms with van der Waals surface area (Å²) in [5.74, 6) is 1.67. The second-order valence-electron chi connectivity index (χ2n) is 7.75. The van der Waals surface area contributed by atoms with E-state index in [9.17, 15) is 0 Å². The molecule has 0 aromatic carbocycles. The van der Waals surface area contributed by atoms with Gasteiger partial charge in [0.1, 0.15) is 0 Å². The Labute approximate surface area is 181 Å². The zero-order valence-electron chi connectivity index (χ0n) is 16.8. The number of nitrogens with zero attached hydrogens (tertiary/aromatic N) is 4. The predicted octanol–water partition coefficient (Wildman–Crippen LogP) is 3.70. The highest BCUT2D eigenvalue weighted by molar-refractivity contribution is 14.0. The average Bonchev–Trinajstić information content (AvgIpc) is 3.21. The van der Waals surface area contributed by atoms with E-state index in [0.29, 0.717) is 18.1 Å². The molecule has 1 aliphatic heterocycles. The molecular formula is C20H36IN5O. The molecule has 2 unspecified atom stereocenters. The summed E-state index contributed by atoms with van der Waals surface area (Å²) < 4.78 is 8.26. The van der Waals surface area contributed by atoms with E-state index in [1.165, 1.54) is 38.5 Å². The molecule has 2 aliphatic rings. The van der Waals surface area contributed by atoms with Gasteiger partial charge in [-0.05, 0) is 31.6 Å². The lowest BCUT2D eigenvalue weighted by Crippen LogP contribution is -2.49. The molecule has 27 heavy (non-hydrogen) atoms. The first-order chi connectivity index (χ1) is 12.8. The van der Waals surface area contributed by atoms with Gasteiger partial charge in [-0.1, -0.05) is 26.2 Å². The van der Waals surface area contributed by atoms with E-state index >= 15 is 0 Å². The number of aromatic nitrogens is 2. The quantitative estimate of drug-likeness (QED) is 0.287. The number of guanidine groups is 1. The van der Waals surface area contributed by atoms with E-state index in [4.69, 9.17) is 4.74 Å². The molecule has 0 amide bonds. The summed E-state index contributed by atoms with van der Waals surface area (Å²) in [6.07, 6.45) is 15.1. The third kappa shape index (κ3) is 6.62. The number of nitrogens with one attached hydrogen (secondary N) is 1. The van der Waals surface area contributed by atoms with Crippen molar-refractivity contribution in [2.75, 3.05) is 33.3 Å². The van der Waals surface area contributed by atoms with Crippen LogP contribution in [0.25, 0.3) is 0 Å². The van der Waals surface area contributed by atoms with Gasteiger partial charge in [0.15, 0.2) is 5.96 Å². The Hall–Kier alpha value is -0.830. The fraction of sp³-hybridized carbons (Fsp3) is 0.800. The largest absolute Gasteiger partial charge is 0.378 e. The van der Waals surface area contributed by atoms with Gasteiger partial charge in [0.25, 0.3) is 0 Å². The number of hydrogen-bond acceptors (Lipinski definition) is 3. The molecule has 2 atom stereocenters. The maximum atomic E-state index is 6.02. The second-order valence-corrected chi connectivity index (χ2v) is 7.75. The fourth-order valence-corrected chi connectivity index (χ4v) is 4.18. The summed E-state index contributed by atoms with van der Waals surface area (Å²) >= 11 is 0. The molecule has 1 saturated heterocycles. The lowest BCUT2D eigenvalue weighted by Gasteiger charge is -2.39. The Morgan fingerprint density at radius 1 is 1.26 bits per heavy atom. The lowest BCUT2D eigenvalue weighted by atomic mass is 9.93. The number of aliphatic imine (C=N–C) groups is 1. The van der Waals surface area contributed by atoms with Crippen molar-refractivity contribution in [3.8, 4) is 0 Å². The van der Waals surface area contributed by atoms with Crippen LogP contribution in [0.4, 0.5) is 0 Å². The van der Waals surface area contributed by atoms with Gasteiger partial charge in [-0.2, -0.15) is 0 Å². The average molecular weight is 489 g/mol. The van der Waals surface area contributed by atoms with Crippen LogP contribution >= 0.6 is 24.0 Å². The maximum absolute atomic E-state index is 6.02. The topological polar surface area (TPSA) is 54.7 Å². The van der Waals surface area contributed by atoms with Crippen LogP contribution in [0.1, 0.15) is 57.9 Å². The van der Waals surface area contributed by atoms with Crippen molar-refractivity contribution in [3.63, 3.8) is 0 Å². The smallest absolute Gasteiger partial charge is 0.193 e. The van der Waals surface area contributed by atoms with E-state index in [1.807, 2.05) is 19.6 Å². The zero-order valence-corrected chi connectivity index (χ0v) is 19.2. The summed E-state index contributed by atoms with van der Waals surface area (Å²) in [5.41, 5.74) is 0. The molecule has 1 aliphatic carbocycles. The first-order valence-electron chi connectivity index (χ1n) is 10.3. The van der Waals surface area contributed by atoms with Gasteiger partial charge in [0.2, 0.25) is 0 Å². The third-order valence-corrected chi connectivity index (χ3v) is 5.85. The molecule has 1 aromatic rings. The number of imidazole rings is 1. The summed E-state index contributed by atoms with van der Waals surface area (Å²) in [5, 5.41) is 3.53. The van der Waals surface area contributed by atoms with Crippen LogP contribution in [0.5, 0.6) is 0 Å². The normalized spacial score (nSPS) is 24.5. The zero-order chi connectivity index (χ0) is 18.2. The van der Waals surface area contributed by atoms with Gasteiger partial charge in [-0.3, -0.25) is 4.99 Å². The van der Waals surface area contributed by atoms with Crippen molar-refractivity contribution in [3.05, 3.63) is 18.7 Å². The number of likely N-dealkylation sites (tertiary alicyclic amines) is 1. The maximum Gasteiger partial charge on any atom is 0.193 e. The van der Waals surface area contributed by atoms with Crippen LogP contribution in [-0.2, 0) is 4.74 Å². The van der Waals surface area contributed by atoms with E-state index in [1.54, 1.807) is 0 Å². The minimum Gasteiger partial charge on any atom is -0.378 e. The molecule has 2 fully saturated rings. The Morgan fingerprint density at radius 3 is 2.78 bits per heavy atom. The molecule has 0 radical (unpaired) electrons. The first-order valence-corrected chi connectivity index (χ1v) is 10.3. The molecule has 3 rings (SSSR count). The highest BCUT2D eigenvalue weighted by Gasteiger charge is 2.28. The Morgan fingerprint density at radius 2 is 2.07 bits per heavy atom. The van der Waals surface area contributed by atoms with Crippen molar-refractivity contribution < 1.29 is 4.74 Å². The van der Waals surface area contributed by atoms with Gasteiger partial charge in [-0.25, -0.2) is 4.98 Å². The van der Waals surface area contributed by atoms with Crippen LogP contribution in [-0.4, -0.2) is 59.8 Å². The third-order valence-electron chi connectivity index (χ3n) is 5.85. The van der Waals surface area contributed by atoms with Crippen molar-refractivity contribution in [2.45, 2.75) is 64.0 Å². The van der Waals surface area contributed by atoms with Crippen molar-refractivity contribution >= 4 is 29.9 Å². The van der Waals surface area contributed by atoms with Crippen LogP contribution < -0.4 is 5.32 Å². The van der Waals surface area contributed by atoms with Crippen LogP contribution in [0.3, 0.4) is 0 Å². The molecule has 1 aromatic heterocycles. The fourth-order valence-electron chi connectivity index (χ4n) is 4.18. The van der Waals surface area contributed by atoms with Crippen LogP contribution in [0, 0.1) is 5.92 Å². The molecule has 0 spiro atoms. The van der Waals surface area contributed by atoms with Gasteiger partial charge in [0, 0.05) is 45.7 Å². The number of halogens is 1. The SMILES string of the molecule is CN=C(NCCCOC1CCCCC1)N1CCC(C)C(n2ccnc2)C1.I. The van der Waals surface area contributed by atoms with Gasteiger partial charge >= 0.3 is 0 Å². The van der Waals surface area contributed by atoms with E-state index < -0.39 is 0 Å². The van der Waals surface area contributed by atoms with Crippen molar-refractivity contribution in [1.82, 2.24) is 19.8 Å². The summed E-state index contributed by atoms with van der Waals surface area (Å²) in [6.45, 7) is 6.14. The van der Waals surface area contributed by atoms with Gasteiger partial charge in [-0.15, -0.1) is 24.0 Å². The molecule has 1 saturated carbocycles. The van der Waals surface area contributed by atoms with E-state index in [0.717, 1.165) is 38.6 Å². The molecule has 0 bridgehead atoms. The molecule has 2 heterocycles. The standard InChI is InChI=1S/C20H35N5O.HI/c1-17-9-12-24(15-19(17)25-13-11-22-16-25)20(21-2)23-10-6-14-26-18-7-4-3-5-8-18;/h11,13,16-19H,3-10,12,14-15H2,1-2H3,(H,21,23);1H. The minimum atomic E-state index is 0. The van der Waals surface area contributed by atoms with E-state index in [-0.39, 0.29) is 24.0 Å². The summed E-state index contributed by atoms with van der Waals surface area (Å²) in [4.78, 5) is 11.1. The lowest BCUT2D eigenvalue weighted by molar-refractivity contribution is 0.0276. The van der Waals surface area contributed by atoms with Crippen molar-refractivity contribution in [2.24, 2.45) is 10.9 Å². The van der Waals surface area contributed by atoms with Gasteiger partial charge in [0.05, 0.1) is 18.5 Å². The van der Waals surface area contributed by atoms with E-state index in [2.05, 4.69) is 37.9 Å². The Kier molecular flexibility index (Phi) is 9.89. The molecule has 154 valence electrons. The summed E-state index contributed by atoms with van der Waals surface area (Å²) in [7, 11) is 1.88. The molecule has 7 heteroatoms. The first kappa shape index (κ1) is 22.5. The van der Waals surface area contributed by atoms with Gasteiger partial charge < -0.3 is 19.5 Å². The number of rotatable bonds is 6. The Balaban J connectivity index is 0.00000261. The monoisotopic (exact) mass is 489 g/mol. The number of ether oxygens (including phenoxy) is 1. The van der Waals surface area contributed by atoms with Crippen LogP contribution in [0.15, 0.2) is 23.7 Å². The number of piperidine rings is 1.